The highest BCUT2D eigenvalue weighted by Gasteiger charge is 2.22. The van der Waals surface area contributed by atoms with E-state index in [1.165, 1.54) is 24.6 Å². The van der Waals surface area contributed by atoms with Gasteiger partial charge >= 0.3 is 0 Å². The van der Waals surface area contributed by atoms with Gasteiger partial charge in [-0.3, -0.25) is 4.79 Å². The van der Waals surface area contributed by atoms with Crippen LogP contribution in [0.2, 0.25) is 0 Å². The summed E-state index contributed by atoms with van der Waals surface area (Å²) in [5, 5.41) is 8.89. The molecule has 0 amide bonds. The van der Waals surface area contributed by atoms with Crippen molar-refractivity contribution in [1.29, 1.82) is 0 Å². The molecule has 1 saturated carbocycles. The summed E-state index contributed by atoms with van der Waals surface area (Å²) in [4.78, 5) is 11.8. The van der Waals surface area contributed by atoms with E-state index in [0.29, 0.717) is 17.5 Å². The quantitative estimate of drug-likeness (QED) is 0.761. The Hall–Kier alpha value is -0.420. The molecule has 1 aliphatic carbocycles. The van der Waals surface area contributed by atoms with Crippen molar-refractivity contribution in [1.82, 2.24) is 10.2 Å². The second kappa shape index (κ2) is 5.07. The normalized spacial score (nSPS) is 17.1. The first-order valence-electron chi connectivity index (χ1n) is 5.21. The lowest BCUT2D eigenvalue weighted by atomic mass is 10.0. The second-order valence-corrected chi connectivity index (χ2v) is 6.23. The lowest BCUT2D eigenvalue weighted by Gasteiger charge is -2.05. The van der Waals surface area contributed by atoms with E-state index in [2.05, 4.69) is 10.2 Å². The molecule has 0 saturated heterocycles. The summed E-state index contributed by atoms with van der Waals surface area (Å²) in [7, 11) is 0. The van der Waals surface area contributed by atoms with Crippen LogP contribution in [0.15, 0.2) is 4.34 Å². The molecule has 15 heavy (non-hydrogen) atoms. The zero-order valence-electron chi connectivity index (χ0n) is 8.73. The van der Waals surface area contributed by atoms with Gasteiger partial charge in [0.25, 0.3) is 0 Å². The summed E-state index contributed by atoms with van der Waals surface area (Å²) in [6.07, 6.45) is 4.63. The summed E-state index contributed by atoms with van der Waals surface area (Å²) in [6.45, 7) is 1.93. The van der Waals surface area contributed by atoms with Crippen LogP contribution in [0.4, 0.5) is 0 Å². The van der Waals surface area contributed by atoms with Crippen molar-refractivity contribution in [2.24, 2.45) is 5.92 Å². The highest BCUT2D eigenvalue weighted by Crippen LogP contribution is 2.28. The number of thioether (sulfide) groups is 1. The maximum absolute atomic E-state index is 11.8. The second-order valence-electron chi connectivity index (χ2n) is 3.82. The van der Waals surface area contributed by atoms with Gasteiger partial charge in [0.15, 0.2) is 4.34 Å². The minimum Gasteiger partial charge on any atom is -0.298 e. The lowest BCUT2D eigenvalue weighted by Crippen LogP contribution is -2.12. The number of aromatic nitrogens is 2. The number of nitrogens with zero attached hydrogens (tertiary/aromatic N) is 2. The first kappa shape index (κ1) is 11.1. The molecule has 1 fully saturated rings. The van der Waals surface area contributed by atoms with E-state index in [1.807, 2.05) is 6.92 Å². The average Bonchev–Trinajstić information content (AvgIpc) is 2.84. The molecule has 0 bridgehead atoms. The Labute approximate surface area is 97.7 Å². The summed E-state index contributed by atoms with van der Waals surface area (Å²) in [5.41, 5.74) is 0. The fraction of sp³-hybridized carbons (Fsp3) is 0.700. The van der Waals surface area contributed by atoms with E-state index in [0.717, 1.165) is 22.2 Å². The van der Waals surface area contributed by atoms with Gasteiger partial charge in [0.1, 0.15) is 10.8 Å². The maximum Gasteiger partial charge on any atom is 0.174 e. The van der Waals surface area contributed by atoms with Gasteiger partial charge in [0.05, 0.1) is 5.75 Å². The van der Waals surface area contributed by atoms with Gasteiger partial charge in [-0.15, -0.1) is 10.2 Å². The maximum atomic E-state index is 11.8. The fourth-order valence-electron chi connectivity index (χ4n) is 1.84. The first-order chi connectivity index (χ1) is 7.25. The number of ketones is 1. The molecule has 2 rings (SSSR count). The average molecular weight is 242 g/mol. The van der Waals surface area contributed by atoms with Crippen LogP contribution < -0.4 is 0 Å². The minimum atomic E-state index is 0.325. The predicted molar refractivity (Wildman–Crippen MR) is 62.3 cm³/mol. The van der Waals surface area contributed by atoms with Crippen LogP contribution in [0.3, 0.4) is 0 Å². The summed E-state index contributed by atoms with van der Waals surface area (Å²) in [5.74, 6) is 1.29. The highest BCUT2D eigenvalue weighted by molar-refractivity contribution is 8.01. The van der Waals surface area contributed by atoms with Crippen LogP contribution in [-0.2, 0) is 4.79 Å². The molecule has 82 valence electrons. The molecule has 0 unspecified atom stereocenters. The molecule has 0 spiro atoms. The Morgan fingerprint density at radius 3 is 2.80 bits per heavy atom. The number of carbonyl (C=O) groups excluding carboxylic acids is 1. The Morgan fingerprint density at radius 1 is 1.47 bits per heavy atom. The van der Waals surface area contributed by atoms with Crippen LogP contribution in [0.5, 0.6) is 0 Å². The molecule has 5 heteroatoms. The fourth-order valence-corrected chi connectivity index (χ4v) is 3.63. The van der Waals surface area contributed by atoms with Gasteiger partial charge in [-0.2, -0.15) is 0 Å². The smallest absolute Gasteiger partial charge is 0.174 e. The molecular formula is C10H14N2OS2. The molecule has 0 aromatic carbocycles. The van der Waals surface area contributed by atoms with Crippen molar-refractivity contribution >= 4 is 28.9 Å². The van der Waals surface area contributed by atoms with E-state index >= 15 is 0 Å². The van der Waals surface area contributed by atoms with Crippen LogP contribution in [-0.4, -0.2) is 21.7 Å². The zero-order valence-corrected chi connectivity index (χ0v) is 10.4. The van der Waals surface area contributed by atoms with E-state index < -0.39 is 0 Å². The third-order valence-electron chi connectivity index (χ3n) is 2.66. The van der Waals surface area contributed by atoms with Gasteiger partial charge in [-0.25, -0.2) is 0 Å². The number of aryl methyl sites for hydroxylation is 1. The molecule has 1 aliphatic rings. The van der Waals surface area contributed by atoms with E-state index in [9.17, 15) is 4.79 Å². The van der Waals surface area contributed by atoms with Crippen LogP contribution in [0.1, 0.15) is 30.7 Å². The zero-order chi connectivity index (χ0) is 10.7. The van der Waals surface area contributed by atoms with Gasteiger partial charge < -0.3 is 0 Å². The van der Waals surface area contributed by atoms with Gasteiger partial charge in [-0.05, 0) is 19.8 Å². The van der Waals surface area contributed by atoms with Crippen LogP contribution >= 0.6 is 23.1 Å². The number of hydrogen-bond donors (Lipinski definition) is 0. The summed E-state index contributed by atoms with van der Waals surface area (Å²) >= 11 is 3.09. The van der Waals surface area contributed by atoms with Gasteiger partial charge in [0, 0.05) is 5.92 Å². The van der Waals surface area contributed by atoms with Crippen molar-refractivity contribution in [3.05, 3.63) is 5.01 Å². The van der Waals surface area contributed by atoms with Crippen molar-refractivity contribution in [3.8, 4) is 0 Å². The largest absolute Gasteiger partial charge is 0.298 e. The Kier molecular flexibility index (Phi) is 3.75. The molecule has 1 aromatic heterocycles. The summed E-state index contributed by atoms with van der Waals surface area (Å²) < 4.78 is 0.916. The third-order valence-corrected chi connectivity index (χ3v) is 4.65. The Morgan fingerprint density at radius 2 is 2.20 bits per heavy atom. The van der Waals surface area contributed by atoms with E-state index in [1.54, 1.807) is 11.3 Å². The highest BCUT2D eigenvalue weighted by atomic mass is 32.2. The Bertz CT molecular complexity index is 345. The SMILES string of the molecule is Cc1nnc(SCC(=O)C2CCCC2)s1. The monoisotopic (exact) mass is 242 g/mol. The predicted octanol–water partition coefficient (Wildman–Crippen LogP) is 2.70. The molecule has 0 atom stereocenters. The van der Waals surface area contributed by atoms with E-state index in [-0.39, 0.29) is 0 Å². The standard InChI is InChI=1S/C10H14N2OS2/c1-7-11-12-10(15-7)14-6-9(13)8-4-2-3-5-8/h8H,2-6H2,1H3. The van der Waals surface area contributed by atoms with Crippen LogP contribution in [0.25, 0.3) is 0 Å². The first-order valence-corrected chi connectivity index (χ1v) is 7.01. The van der Waals surface area contributed by atoms with Crippen molar-refractivity contribution < 1.29 is 4.79 Å². The molecule has 3 nitrogen and oxygen atoms in total. The molecular weight excluding hydrogens is 228 g/mol. The Balaban J connectivity index is 1.80. The lowest BCUT2D eigenvalue weighted by molar-refractivity contribution is -0.120. The molecule has 1 aromatic rings. The molecule has 1 heterocycles. The minimum absolute atomic E-state index is 0.325. The van der Waals surface area contributed by atoms with Gasteiger partial charge in [-0.1, -0.05) is 35.9 Å². The number of rotatable bonds is 4. The third kappa shape index (κ3) is 3.01. The molecule has 0 radical (unpaired) electrons. The number of carbonyl (C=O) groups is 1. The number of hydrogen-bond acceptors (Lipinski definition) is 5. The summed E-state index contributed by atoms with van der Waals surface area (Å²) in [6, 6.07) is 0. The topological polar surface area (TPSA) is 42.9 Å². The molecule has 0 aliphatic heterocycles. The van der Waals surface area contributed by atoms with Gasteiger partial charge in [0.2, 0.25) is 0 Å². The molecule has 0 N–H and O–H groups in total. The van der Waals surface area contributed by atoms with Crippen molar-refractivity contribution in [3.63, 3.8) is 0 Å². The van der Waals surface area contributed by atoms with Crippen molar-refractivity contribution in [2.45, 2.75) is 36.9 Å². The van der Waals surface area contributed by atoms with Crippen LogP contribution in [0, 0.1) is 12.8 Å². The van der Waals surface area contributed by atoms with Crippen molar-refractivity contribution in [2.75, 3.05) is 5.75 Å². The van der Waals surface area contributed by atoms with E-state index in [4.69, 9.17) is 0 Å². The number of Topliss-reactive ketones (excluding diaryl/α,β-unsaturated/α-hetero) is 1.